The predicted octanol–water partition coefficient (Wildman–Crippen LogP) is -0.431. The summed E-state index contributed by atoms with van der Waals surface area (Å²) in [6.45, 7) is 0. The van der Waals surface area contributed by atoms with Gasteiger partial charge in [0.25, 0.3) is 10.2 Å². The first-order chi connectivity index (χ1) is 11.0. The molecule has 0 radical (unpaired) electrons. The van der Waals surface area contributed by atoms with Crippen molar-refractivity contribution in [1.82, 2.24) is 0 Å². The van der Waals surface area contributed by atoms with Crippen molar-refractivity contribution in [3.63, 3.8) is 0 Å². The Bertz CT molecular complexity index is 576. The fourth-order valence-electron chi connectivity index (χ4n) is 0.843. The summed E-state index contributed by atoms with van der Waals surface area (Å²) in [7, 11) is 0. The van der Waals surface area contributed by atoms with Crippen molar-refractivity contribution < 1.29 is 20.6 Å². The van der Waals surface area contributed by atoms with Gasteiger partial charge in [-0.15, -0.1) is 35.6 Å². The first-order valence-electron chi connectivity index (χ1n) is 5.41. The number of benzene rings is 1. The zero-order valence-electron chi connectivity index (χ0n) is 11.8. The standard InChI is InChI=1S/C8H12N8.2HNO3/c9-7(10)15-13-5-1-2-6(4-3-5)14-16-8(11)12;2*2-1(3)4/h1-4,13H,(H3,11,12)(H4,9,10,15);2*(H,2,3,4). The fourth-order valence-corrected chi connectivity index (χ4v) is 0.843. The van der Waals surface area contributed by atoms with Crippen LogP contribution < -0.4 is 22.6 Å². The Labute approximate surface area is 133 Å². The quantitative estimate of drug-likeness (QED) is 0.122. The molecule has 132 valence electrons. The third-order valence-corrected chi connectivity index (χ3v) is 1.45. The highest BCUT2D eigenvalue weighted by Crippen LogP contribution is 2.16. The minimum absolute atomic E-state index is 0.0552. The van der Waals surface area contributed by atoms with Gasteiger partial charge in [-0.3, -0.25) is 10.8 Å². The lowest BCUT2D eigenvalue weighted by molar-refractivity contribution is -0.742. The van der Waals surface area contributed by atoms with E-state index >= 15 is 0 Å². The Hall–Kier alpha value is -4.24. The zero-order chi connectivity index (χ0) is 19.1. The molecular formula is C8H14N10O6. The number of rotatable bonds is 3. The SMILES string of the molecule is N=C(N)N=Nc1ccc(NN=C(N)N)cc1.O=[N+]([O-])O.O=[N+]([O-])O. The van der Waals surface area contributed by atoms with Gasteiger partial charge in [-0.05, 0) is 24.3 Å². The van der Waals surface area contributed by atoms with Gasteiger partial charge in [-0.25, -0.2) is 0 Å². The molecule has 0 aromatic heterocycles. The van der Waals surface area contributed by atoms with Crippen LogP contribution >= 0.6 is 0 Å². The Balaban J connectivity index is 0. The van der Waals surface area contributed by atoms with Crippen LogP contribution in [-0.2, 0) is 0 Å². The van der Waals surface area contributed by atoms with E-state index < -0.39 is 10.2 Å². The van der Waals surface area contributed by atoms with E-state index in [-0.39, 0.29) is 11.9 Å². The smallest absolute Gasteiger partial charge is 0.291 e. The molecule has 0 aliphatic carbocycles. The van der Waals surface area contributed by atoms with E-state index in [0.29, 0.717) is 11.4 Å². The van der Waals surface area contributed by atoms with Gasteiger partial charge in [-0.1, -0.05) is 0 Å². The van der Waals surface area contributed by atoms with E-state index in [0.717, 1.165) is 0 Å². The number of azo groups is 1. The van der Waals surface area contributed by atoms with E-state index in [9.17, 15) is 0 Å². The Morgan fingerprint density at radius 1 is 1.08 bits per heavy atom. The summed E-state index contributed by atoms with van der Waals surface area (Å²) in [4.78, 5) is 16.7. The van der Waals surface area contributed by atoms with Crippen LogP contribution in [0, 0.1) is 25.6 Å². The number of anilines is 1. The molecule has 0 heterocycles. The molecule has 1 aromatic carbocycles. The van der Waals surface area contributed by atoms with Crippen LogP contribution in [0.5, 0.6) is 0 Å². The monoisotopic (exact) mass is 346 g/mol. The number of hydrazone groups is 1. The van der Waals surface area contributed by atoms with Crippen molar-refractivity contribution >= 4 is 23.3 Å². The van der Waals surface area contributed by atoms with Crippen LogP contribution in [0.25, 0.3) is 0 Å². The summed E-state index contributed by atoms with van der Waals surface area (Å²) >= 11 is 0. The lowest BCUT2D eigenvalue weighted by Crippen LogP contribution is -2.23. The maximum Gasteiger partial charge on any atom is 0.291 e. The summed E-state index contributed by atoms with van der Waals surface area (Å²) in [5.41, 5.74) is 19.2. The van der Waals surface area contributed by atoms with Crippen LogP contribution in [-0.4, -0.2) is 32.5 Å². The maximum absolute atomic E-state index is 8.36. The molecule has 10 N–H and O–H groups in total. The number of hydrogen-bond donors (Lipinski definition) is 7. The number of nitrogens with zero attached hydrogens (tertiary/aromatic N) is 5. The van der Waals surface area contributed by atoms with Crippen molar-refractivity contribution in [3.8, 4) is 0 Å². The third-order valence-electron chi connectivity index (χ3n) is 1.45. The van der Waals surface area contributed by atoms with Crippen LogP contribution in [0.1, 0.15) is 0 Å². The molecule has 0 amide bonds. The predicted molar refractivity (Wildman–Crippen MR) is 79.9 cm³/mol. The highest BCUT2D eigenvalue weighted by Gasteiger charge is 1.92. The van der Waals surface area contributed by atoms with Crippen LogP contribution in [0.3, 0.4) is 0 Å². The molecule has 0 spiro atoms. The molecule has 0 saturated heterocycles. The summed E-state index contributed by atoms with van der Waals surface area (Å²) in [5.74, 6) is -0.400. The molecule has 0 fully saturated rings. The average Bonchev–Trinajstić information content (AvgIpc) is 2.42. The Kier molecular flexibility index (Phi) is 11.5. The Morgan fingerprint density at radius 3 is 1.83 bits per heavy atom. The molecule has 0 unspecified atom stereocenters. The van der Waals surface area contributed by atoms with Gasteiger partial charge < -0.3 is 27.6 Å². The second-order valence-electron chi connectivity index (χ2n) is 3.26. The largest absolute Gasteiger partial charge is 0.369 e. The molecule has 16 nitrogen and oxygen atoms in total. The van der Waals surface area contributed by atoms with E-state index in [1.165, 1.54) is 0 Å². The topological polar surface area (TPSA) is 278 Å². The van der Waals surface area contributed by atoms with Crippen LogP contribution in [0.15, 0.2) is 39.6 Å². The molecule has 0 aliphatic heterocycles. The summed E-state index contributed by atoms with van der Waals surface area (Å²) < 4.78 is 0. The van der Waals surface area contributed by atoms with Gasteiger partial charge in [0.15, 0.2) is 0 Å². The average molecular weight is 346 g/mol. The Morgan fingerprint density at radius 2 is 1.50 bits per heavy atom. The number of hydrogen-bond acceptors (Lipinski definition) is 8. The number of nitrogens with one attached hydrogen (secondary N) is 2. The normalized spacial score (nSPS) is 8.67. The molecule has 0 bridgehead atoms. The summed E-state index contributed by atoms with van der Waals surface area (Å²) in [6.07, 6.45) is 0. The summed E-state index contributed by atoms with van der Waals surface area (Å²) in [6, 6.07) is 6.77. The molecular weight excluding hydrogens is 332 g/mol. The molecule has 1 rings (SSSR count). The maximum atomic E-state index is 8.36. The highest BCUT2D eigenvalue weighted by molar-refractivity contribution is 5.76. The van der Waals surface area contributed by atoms with Gasteiger partial charge in [-0.2, -0.15) is 0 Å². The van der Waals surface area contributed by atoms with E-state index in [4.69, 9.17) is 53.3 Å². The number of guanidine groups is 2. The van der Waals surface area contributed by atoms with Gasteiger partial charge in [0.1, 0.15) is 0 Å². The number of nitrogens with two attached hydrogens (primary N) is 3. The zero-order valence-corrected chi connectivity index (χ0v) is 11.8. The lowest BCUT2D eigenvalue weighted by Gasteiger charge is -2.00. The van der Waals surface area contributed by atoms with Crippen LogP contribution in [0.2, 0.25) is 0 Å². The minimum Gasteiger partial charge on any atom is -0.369 e. The molecule has 16 heteroatoms. The first kappa shape index (κ1) is 22.0. The lowest BCUT2D eigenvalue weighted by atomic mass is 10.3. The van der Waals surface area contributed by atoms with Crippen molar-refractivity contribution in [2.75, 3.05) is 5.43 Å². The van der Waals surface area contributed by atoms with Crippen molar-refractivity contribution in [2.24, 2.45) is 32.5 Å². The highest BCUT2D eigenvalue weighted by atomic mass is 16.9. The molecule has 0 aliphatic rings. The second-order valence-corrected chi connectivity index (χ2v) is 3.26. The minimum atomic E-state index is -1.50. The van der Waals surface area contributed by atoms with Gasteiger partial charge in [0.2, 0.25) is 11.9 Å². The van der Waals surface area contributed by atoms with Crippen molar-refractivity contribution in [2.45, 2.75) is 0 Å². The van der Waals surface area contributed by atoms with E-state index in [1.807, 2.05) is 0 Å². The van der Waals surface area contributed by atoms with Gasteiger partial charge >= 0.3 is 0 Å². The molecule has 0 atom stereocenters. The van der Waals surface area contributed by atoms with Crippen LogP contribution in [0.4, 0.5) is 11.4 Å². The molecule has 24 heavy (non-hydrogen) atoms. The third kappa shape index (κ3) is 20.1. The van der Waals surface area contributed by atoms with Crippen molar-refractivity contribution in [3.05, 3.63) is 44.5 Å². The molecule has 0 saturated carbocycles. The van der Waals surface area contributed by atoms with E-state index in [1.54, 1.807) is 24.3 Å². The summed E-state index contributed by atoms with van der Waals surface area (Å²) in [5, 5.41) is 44.9. The second kappa shape index (κ2) is 12.5. The first-order valence-corrected chi connectivity index (χ1v) is 5.41. The van der Waals surface area contributed by atoms with Gasteiger partial charge in [0.05, 0.1) is 11.4 Å². The van der Waals surface area contributed by atoms with E-state index in [2.05, 4.69) is 20.8 Å². The fraction of sp³-hybridized carbons (Fsp3) is 0. The van der Waals surface area contributed by atoms with Gasteiger partial charge in [0, 0.05) is 0 Å². The molecule has 1 aromatic rings. The van der Waals surface area contributed by atoms with Crippen molar-refractivity contribution in [1.29, 1.82) is 5.41 Å².